The second kappa shape index (κ2) is 6.33. The smallest absolute Gasteiger partial charge is 0.0870 e. The van der Waals surface area contributed by atoms with Crippen LogP contribution in [0.2, 0.25) is 0 Å². The molecule has 0 atom stereocenters. The molecular weight excluding hydrogens is 284 g/mol. The van der Waals surface area contributed by atoms with E-state index in [1.807, 2.05) is 12.1 Å². The summed E-state index contributed by atoms with van der Waals surface area (Å²) in [6, 6.07) is 8.64. The summed E-state index contributed by atoms with van der Waals surface area (Å²) in [4.78, 5) is 2.79. The van der Waals surface area contributed by atoms with Crippen LogP contribution in [0.5, 0.6) is 0 Å². The number of rotatable bonds is 5. The fourth-order valence-corrected chi connectivity index (χ4v) is 2.04. The highest BCUT2D eigenvalue weighted by atomic mass is 79.9. The van der Waals surface area contributed by atoms with Crippen molar-refractivity contribution >= 4 is 33.1 Å². The number of nitrogens with two attached hydrogens (primary N) is 1. The molecule has 1 rings (SSSR count). The van der Waals surface area contributed by atoms with Gasteiger partial charge in [0.15, 0.2) is 0 Å². The standard InChI is InChI=1S/C12H17BrN2S/c1-9(2)15(8-12(14)16)7-10-5-3-4-6-11(10)13/h3-6,9H,7-8H2,1-2H3,(H2,14,16). The summed E-state index contributed by atoms with van der Waals surface area (Å²) in [6.45, 7) is 5.81. The molecule has 0 aliphatic rings. The Kier molecular flexibility index (Phi) is 5.38. The maximum Gasteiger partial charge on any atom is 0.0870 e. The number of nitrogens with zero attached hydrogens (tertiary/aromatic N) is 1. The predicted octanol–water partition coefficient (Wildman–Crippen LogP) is 2.95. The van der Waals surface area contributed by atoms with Gasteiger partial charge in [-0.3, -0.25) is 4.90 Å². The minimum absolute atomic E-state index is 0.425. The Labute approximate surface area is 111 Å². The average molecular weight is 301 g/mol. The molecule has 4 heteroatoms. The molecule has 1 aromatic carbocycles. The summed E-state index contributed by atoms with van der Waals surface area (Å²) in [5, 5.41) is 0. The van der Waals surface area contributed by atoms with E-state index < -0.39 is 0 Å². The molecule has 88 valence electrons. The van der Waals surface area contributed by atoms with Gasteiger partial charge in [0.1, 0.15) is 0 Å². The van der Waals surface area contributed by atoms with Gasteiger partial charge >= 0.3 is 0 Å². The Morgan fingerprint density at radius 2 is 2.06 bits per heavy atom. The Bertz CT molecular complexity index is 366. The van der Waals surface area contributed by atoms with Crippen molar-refractivity contribution in [2.24, 2.45) is 5.73 Å². The number of hydrogen-bond acceptors (Lipinski definition) is 2. The van der Waals surface area contributed by atoms with Gasteiger partial charge in [0, 0.05) is 23.6 Å². The van der Waals surface area contributed by atoms with Crippen LogP contribution in [-0.4, -0.2) is 22.5 Å². The maximum atomic E-state index is 5.60. The van der Waals surface area contributed by atoms with Crippen LogP contribution >= 0.6 is 28.1 Å². The van der Waals surface area contributed by atoms with Crippen molar-refractivity contribution in [3.05, 3.63) is 34.3 Å². The molecule has 0 unspecified atom stereocenters. The average Bonchev–Trinajstić information content (AvgIpc) is 2.19. The predicted molar refractivity (Wildman–Crippen MR) is 76.5 cm³/mol. The van der Waals surface area contributed by atoms with Crippen molar-refractivity contribution in [1.82, 2.24) is 4.90 Å². The minimum Gasteiger partial charge on any atom is -0.392 e. The minimum atomic E-state index is 0.425. The van der Waals surface area contributed by atoms with E-state index in [0.29, 0.717) is 17.6 Å². The van der Waals surface area contributed by atoms with E-state index in [9.17, 15) is 0 Å². The largest absolute Gasteiger partial charge is 0.392 e. The third-order valence-corrected chi connectivity index (χ3v) is 3.32. The Morgan fingerprint density at radius 1 is 1.44 bits per heavy atom. The molecule has 0 aromatic heterocycles. The molecule has 0 amide bonds. The first kappa shape index (κ1) is 13.6. The van der Waals surface area contributed by atoms with Crippen LogP contribution < -0.4 is 5.73 Å². The van der Waals surface area contributed by atoms with Crippen molar-refractivity contribution < 1.29 is 0 Å². The number of thiocarbonyl (C=S) groups is 1. The van der Waals surface area contributed by atoms with Crippen LogP contribution in [0.25, 0.3) is 0 Å². The van der Waals surface area contributed by atoms with Gasteiger partial charge in [-0.2, -0.15) is 0 Å². The highest BCUT2D eigenvalue weighted by Crippen LogP contribution is 2.18. The van der Waals surface area contributed by atoms with Crippen molar-refractivity contribution in [3.63, 3.8) is 0 Å². The number of hydrogen-bond donors (Lipinski definition) is 1. The van der Waals surface area contributed by atoms with Crippen LogP contribution in [-0.2, 0) is 6.54 Å². The van der Waals surface area contributed by atoms with Crippen LogP contribution in [0.1, 0.15) is 19.4 Å². The number of halogens is 1. The summed E-state index contributed by atoms with van der Waals surface area (Å²) in [5.74, 6) is 0. The maximum absolute atomic E-state index is 5.60. The van der Waals surface area contributed by atoms with E-state index >= 15 is 0 Å². The van der Waals surface area contributed by atoms with E-state index in [-0.39, 0.29) is 0 Å². The summed E-state index contributed by atoms with van der Waals surface area (Å²) in [5.41, 5.74) is 6.86. The summed E-state index contributed by atoms with van der Waals surface area (Å²) in [7, 11) is 0. The van der Waals surface area contributed by atoms with Gasteiger partial charge in [0.25, 0.3) is 0 Å². The second-order valence-corrected chi connectivity index (χ2v) is 5.44. The van der Waals surface area contributed by atoms with E-state index in [1.54, 1.807) is 0 Å². The molecule has 0 aliphatic carbocycles. The van der Waals surface area contributed by atoms with Crippen LogP contribution in [0, 0.1) is 0 Å². The second-order valence-electron chi connectivity index (χ2n) is 4.06. The first-order valence-electron chi connectivity index (χ1n) is 5.26. The molecule has 0 fully saturated rings. The van der Waals surface area contributed by atoms with E-state index in [0.717, 1.165) is 11.0 Å². The topological polar surface area (TPSA) is 29.3 Å². The molecule has 0 aliphatic heterocycles. The van der Waals surface area contributed by atoms with Crippen LogP contribution in [0.4, 0.5) is 0 Å². The van der Waals surface area contributed by atoms with Gasteiger partial charge < -0.3 is 5.73 Å². The van der Waals surface area contributed by atoms with Gasteiger partial charge in [-0.25, -0.2) is 0 Å². The van der Waals surface area contributed by atoms with Crippen LogP contribution in [0.15, 0.2) is 28.7 Å². The van der Waals surface area contributed by atoms with E-state index in [2.05, 4.69) is 46.8 Å². The number of benzene rings is 1. The van der Waals surface area contributed by atoms with Gasteiger partial charge in [-0.1, -0.05) is 46.3 Å². The normalized spacial score (nSPS) is 11.1. The Balaban J connectivity index is 2.76. The molecule has 0 saturated carbocycles. The van der Waals surface area contributed by atoms with Crippen LogP contribution in [0.3, 0.4) is 0 Å². The third kappa shape index (κ3) is 4.20. The highest BCUT2D eigenvalue weighted by Gasteiger charge is 2.12. The highest BCUT2D eigenvalue weighted by molar-refractivity contribution is 9.10. The van der Waals surface area contributed by atoms with Gasteiger partial charge in [0.2, 0.25) is 0 Å². The van der Waals surface area contributed by atoms with Gasteiger partial charge in [0.05, 0.1) is 4.99 Å². The molecule has 0 spiro atoms. The van der Waals surface area contributed by atoms with E-state index in [1.165, 1.54) is 5.56 Å². The molecule has 16 heavy (non-hydrogen) atoms. The third-order valence-electron chi connectivity index (χ3n) is 2.42. The molecule has 2 nitrogen and oxygen atoms in total. The SMILES string of the molecule is CC(C)N(CC(N)=S)Cc1ccccc1Br. The molecule has 2 N–H and O–H groups in total. The lowest BCUT2D eigenvalue weighted by molar-refractivity contribution is 0.245. The summed E-state index contributed by atoms with van der Waals surface area (Å²) in [6.07, 6.45) is 0. The fraction of sp³-hybridized carbons (Fsp3) is 0.417. The lowest BCUT2D eigenvalue weighted by Crippen LogP contribution is -2.37. The van der Waals surface area contributed by atoms with Crippen molar-refractivity contribution in [2.45, 2.75) is 26.4 Å². The Hall–Kier alpha value is -0.450. The zero-order valence-electron chi connectivity index (χ0n) is 9.61. The van der Waals surface area contributed by atoms with Gasteiger partial charge in [-0.15, -0.1) is 0 Å². The van der Waals surface area contributed by atoms with Gasteiger partial charge in [-0.05, 0) is 25.5 Å². The molecule has 0 saturated heterocycles. The molecule has 1 aromatic rings. The monoisotopic (exact) mass is 300 g/mol. The summed E-state index contributed by atoms with van der Waals surface area (Å²) >= 11 is 8.51. The Morgan fingerprint density at radius 3 is 2.56 bits per heavy atom. The molecule has 0 bridgehead atoms. The zero-order chi connectivity index (χ0) is 12.1. The fourth-order valence-electron chi connectivity index (χ4n) is 1.47. The molecular formula is C12H17BrN2S. The lowest BCUT2D eigenvalue weighted by atomic mass is 10.2. The quantitative estimate of drug-likeness (QED) is 0.848. The first-order chi connectivity index (χ1) is 7.50. The van der Waals surface area contributed by atoms with Crippen molar-refractivity contribution in [2.75, 3.05) is 6.54 Å². The van der Waals surface area contributed by atoms with Crippen molar-refractivity contribution in [1.29, 1.82) is 0 Å². The van der Waals surface area contributed by atoms with Crippen molar-refractivity contribution in [3.8, 4) is 0 Å². The lowest BCUT2D eigenvalue weighted by Gasteiger charge is -2.26. The summed E-state index contributed by atoms with van der Waals surface area (Å²) < 4.78 is 1.13. The zero-order valence-corrected chi connectivity index (χ0v) is 12.0. The molecule has 0 heterocycles. The first-order valence-corrected chi connectivity index (χ1v) is 6.46. The molecule has 0 radical (unpaired) electrons. The van der Waals surface area contributed by atoms with E-state index in [4.69, 9.17) is 18.0 Å².